The highest BCUT2D eigenvalue weighted by atomic mass is 16.8. The summed E-state index contributed by atoms with van der Waals surface area (Å²) in [6.45, 7) is 7.68. The van der Waals surface area contributed by atoms with Gasteiger partial charge >= 0.3 is 0 Å². The first kappa shape index (κ1) is 35.0. The van der Waals surface area contributed by atoms with Crippen LogP contribution < -0.4 is 10.6 Å². The number of aliphatic hydroxyl groups excluding tert-OH is 3. The lowest BCUT2D eigenvalue weighted by Gasteiger charge is -2.50. The number of aliphatic hydroxyl groups is 4. The lowest BCUT2D eigenvalue weighted by atomic mass is 9.75. The summed E-state index contributed by atoms with van der Waals surface area (Å²) in [5, 5.41) is 49.0. The lowest BCUT2D eigenvalue weighted by molar-refractivity contribution is -0.348. The van der Waals surface area contributed by atoms with Crippen LogP contribution in [0, 0.1) is 6.92 Å². The molecule has 2 aromatic carbocycles. The fraction of sp³-hybridized carbons (Fsp3) is 0.588. The Morgan fingerprint density at radius 1 is 1.07 bits per heavy atom. The Bertz CT molecular complexity index is 1340. The standard InChI is InChI=1S/C34H49N3O8/c1-21-10-15-26(34-30(41)28(39)29(40)33(45-34,20-44-34)32(3,4)43)19-25(21)18-24-13-11-23(12-14-24)8-7-9-27(38)36-22(2)31(42)35-16-17-37(5)6/h10-15,19,22,28-30,39-41,43H,7-9,16-18,20H2,1-6H3,(H,35,42)(H,36,38)/t22-,28+,29+,30-,33+,34+/m1/s1. The first-order valence-corrected chi connectivity index (χ1v) is 15.6. The van der Waals surface area contributed by atoms with Crippen molar-refractivity contribution in [3.8, 4) is 0 Å². The Balaban J connectivity index is 1.35. The molecular formula is C34H49N3O8. The molecule has 0 radical (unpaired) electrons. The van der Waals surface area contributed by atoms with E-state index in [0.29, 0.717) is 31.4 Å². The largest absolute Gasteiger partial charge is 0.387 e. The SMILES string of the molecule is Cc1ccc([C@]23OC[C@](C(C)(C)O)(O2)[C@@H](O)[C@H](O)[C@H]3O)cc1Cc1ccc(CCCC(=O)N[C@H](C)C(=O)NCCN(C)C)cc1. The van der Waals surface area contributed by atoms with Crippen molar-refractivity contribution in [3.63, 3.8) is 0 Å². The number of rotatable bonds is 13. The minimum Gasteiger partial charge on any atom is -0.387 e. The van der Waals surface area contributed by atoms with Crippen molar-refractivity contribution in [3.05, 3.63) is 70.3 Å². The van der Waals surface area contributed by atoms with E-state index in [0.717, 1.165) is 35.2 Å². The fourth-order valence-electron chi connectivity index (χ4n) is 6.00. The van der Waals surface area contributed by atoms with Gasteiger partial charge in [-0.3, -0.25) is 9.59 Å². The minimum absolute atomic E-state index is 0.156. The van der Waals surface area contributed by atoms with Crippen molar-refractivity contribution in [1.82, 2.24) is 15.5 Å². The molecule has 0 aromatic heterocycles. The monoisotopic (exact) mass is 627 g/mol. The summed E-state index contributed by atoms with van der Waals surface area (Å²) < 4.78 is 12.2. The van der Waals surface area contributed by atoms with E-state index in [1.807, 2.05) is 62.3 Å². The van der Waals surface area contributed by atoms with E-state index < -0.39 is 41.3 Å². The summed E-state index contributed by atoms with van der Waals surface area (Å²) in [7, 11) is 3.86. The van der Waals surface area contributed by atoms with Gasteiger partial charge in [-0.25, -0.2) is 0 Å². The molecule has 2 aliphatic rings. The molecule has 6 N–H and O–H groups in total. The summed E-state index contributed by atoms with van der Waals surface area (Å²) in [5.74, 6) is -2.10. The van der Waals surface area contributed by atoms with Crippen LogP contribution in [0.2, 0.25) is 0 Å². The number of aryl methyl sites for hydroxylation is 2. The number of nitrogens with zero attached hydrogens (tertiary/aromatic N) is 1. The maximum Gasteiger partial charge on any atom is 0.242 e. The molecule has 2 aliphatic heterocycles. The number of carbonyl (C=O) groups is 2. The molecular weight excluding hydrogens is 578 g/mol. The van der Waals surface area contributed by atoms with Gasteiger partial charge in [0.2, 0.25) is 17.6 Å². The van der Waals surface area contributed by atoms with Crippen molar-refractivity contribution < 1.29 is 39.5 Å². The maximum atomic E-state index is 12.4. The molecule has 45 heavy (non-hydrogen) atoms. The number of fused-ring (bicyclic) bond motifs is 2. The molecule has 2 fully saturated rings. The van der Waals surface area contributed by atoms with Crippen molar-refractivity contribution in [2.24, 2.45) is 0 Å². The van der Waals surface area contributed by atoms with Gasteiger partial charge in [0.05, 0.1) is 12.2 Å². The van der Waals surface area contributed by atoms with E-state index in [4.69, 9.17) is 9.47 Å². The van der Waals surface area contributed by atoms with Gasteiger partial charge in [-0.15, -0.1) is 0 Å². The first-order chi connectivity index (χ1) is 21.1. The predicted molar refractivity (Wildman–Crippen MR) is 168 cm³/mol. The Kier molecular flexibility index (Phi) is 10.8. The van der Waals surface area contributed by atoms with Gasteiger partial charge in [0.25, 0.3) is 0 Å². The Hall–Kier alpha value is -2.90. The average molecular weight is 628 g/mol. The van der Waals surface area contributed by atoms with Crippen LogP contribution in [0.5, 0.6) is 0 Å². The number of carbonyl (C=O) groups excluding carboxylic acids is 2. The third-order valence-corrected chi connectivity index (χ3v) is 9.05. The molecule has 2 heterocycles. The normalized spacial score (nSPS) is 27.0. The van der Waals surface area contributed by atoms with Gasteiger partial charge in [0.1, 0.15) is 24.4 Å². The fourth-order valence-corrected chi connectivity index (χ4v) is 6.00. The third-order valence-electron chi connectivity index (χ3n) is 9.05. The van der Waals surface area contributed by atoms with Crippen molar-refractivity contribution in [2.45, 2.75) is 94.7 Å². The smallest absolute Gasteiger partial charge is 0.242 e. The average Bonchev–Trinajstić information content (AvgIpc) is 3.38. The van der Waals surface area contributed by atoms with Gasteiger partial charge in [0, 0.05) is 25.1 Å². The predicted octanol–water partition coefficient (Wildman–Crippen LogP) is 0.897. The second-order valence-corrected chi connectivity index (χ2v) is 13.3. The summed E-state index contributed by atoms with van der Waals surface area (Å²) in [4.78, 5) is 26.5. The molecule has 6 atom stereocenters. The summed E-state index contributed by atoms with van der Waals surface area (Å²) in [6, 6.07) is 13.1. The van der Waals surface area contributed by atoms with Crippen LogP contribution in [0.15, 0.2) is 42.5 Å². The van der Waals surface area contributed by atoms with Gasteiger partial charge in [-0.05, 0) is 89.4 Å². The number of likely N-dealkylation sites (N-methyl/N-ethyl adjacent to an activating group) is 1. The molecule has 4 rings (SSSR count). The van der Waals surface area contributed by atoms with Crippen LogP contribution in [0.4, 0.5) is 0 Å². The molecule has 2 amide bonds. The Morgan fingerprint density at radius 3 is 2.38 bits per heavy atom. The molecule has 2 aromatic rings. The Labute approximate surface area is 265 Å². The number of hydrogen-bond donors (Lipinski definition) is 6. The molecule has 0 spiro atoms. The van der Waals surface area contributed by atoms with E-state index in [1.165, 1.54) is 13.8 Å². The number of nitrogens with one attached hydrogen (secondary N) is 2. The maximum absolute atomic E-state index is 12.4. The van der Waals surface area contributed by atoms with Gasteiger partial charge in [-0.1, -0.05) is 36.4 Å². The zero-order chi connectivity index (χ0) is 33.2. The number of amides is 2. The van der Waals surface area contributed by atoms with Crippen molar-refractivity contribution in [1.29, 1.82) is 0 Å². The molecule has 248 valence electrons. The quantitative estimate of drug-likeness (QED) is 0.190. The minimum atomic E-state index is -1.75. The van der Waals surface area contributed by atoms with E-state index in [-0.39, 0.29) is 18.4 Å². The van der Waals surface area contributed by atoms with Gasteiger partial charge in [0.15, 0.2) is 5.60 Å². The number of benzene rings is 2. The molecule has 2 bridgehead atoms. The van der Waals surface area contributed by atoms with Crippen LogP contribution in [0.1, 0.15) is 61.4 Å². The highest BCUT2D eigenvalue weighted by molar-refractivity contribution is 5.87. The lowest BCUT2D eigenvalue weighted by Crippen LogP contribution is -2.70. The zero-order valence-electron chi connectivity index (χ0n) is 27.2. The molecule has 0 aliphatic carbocycles. The van der Waals surface area contributed by atoms with Gasteiger partial charge < -0.3 is 45.4 Å². The van der Waals surface area contributed by atoms with Crippen molar-refractivity contribution in [2.75, 3.05) is 33.8 Å². The van der Waals surface area contributed by atoms with Crippen LogP contribution in [0.3, 0.4) is 0 Å². The highest BCUT2D eigenvalue weighted by Crippen LogP contribution is 2.53. The van der Waals surface area contributed by atoms with Crippen LogP contribution >= 0.6 is 0 Å². The van der Waals surface area contributed by atoms with E-state index >= 15 is 0 Å². The summed E-state index contributed by atoms with van der Waals surface area (Å²) in [6.07, 6.45) is -2.43. The second kappa shape index (κ2) is 13.8. The topological polar surface area (TPSA) is 161 Å². The molecule has 0 saturated carbocycles. The van der Waals surface area contributed by atoms with Crippen LogP contribution in [-0.2, 0) is 37.7 Å². The molecule has 11 heteroatoms. The van der Waals surface area contributed by atoms with Crippen LogP contribution in [0.25, 0.3) is 0 Å². The van der Waals surface area contributed by atoms with Gasteiger partial charge in [-0.2, -0.15) is 0 Å². The van der Waals surface area contributed by atoms with E-state index in [9.17, 15) is 30.0 Å². The van der Waals surface area contributed by atoms with E-state index in [2.05, 4.69) is 10.6 Å². The summed E-state index contributed by atoms with van der Waals surface area (Å²) >= 11 is 0. The molecule has 2 saturated heterocycles. The number of ether oxygens (including phenoxy) is 2. The van der Waals surface area contributed by atoms with Crippen molar-refractivity contribution >= 4 is 11.8 Å². The third kappa shape index (κ3) is 7.41. The van der Waals surface area contributed by atoms with Crippen LogP contribution in [-0.4, -0.2) is 106 Å². The Morgan fingerprint density at radius 2 is 1.73 bits per heavy atom. The molecule has 0 unspecified atom stereocenters. The first-order valence-electron chi connectivity index (χ1n) is 15.6. The number of hydrogen-bond acceptors (Lipinski definition) is 9. The zero-order valence-corrected chi connectivity index (χ0v) is 27.2. The molecule has 11 nitrogen and oxygen atoms in total. The highest BCUT2D eigenvalue weighted by Gasteiger charge is 2.71. The second-order valence-electron chi connectivity index (χ2n) is 13.3. The van der Waals surface area contributed by atoms with E-state index in [1.54, 1.807) is 13.0 Å². The summed E-state index contributed by atoms with van der Waals surface area (Å²) in [5.41, 5.74) is 1.44.